The third kappa shape index (κ3) is 4.78. The summed E-state index contributed by atoms with van der Waals surface area (Å²) in [5.41, 5.74) is 1.09. The van der Waals surface area contributed by atoms with E-state index in [-0.39, 0.29) is 11.0 Å². The van der Waals surface area contributed by atoms with Crippen molar-refractivity contribution in [1.82, 2.24) is 15.1 Å². The highest BCUT2D eigenvalue weighted by Crippen LogP contribution is 2.03. The van der Waals surface area contributed by atoms with Gasteiger partial charge in [0.2, 0.25) is 0 Å². The molecule has 0 aromatic carbocycles. The normalized spacial score (nSPS) is 12.2. The summed E-state index contributed by atoms with van der Waals surface area (Å²) >= 11 is 0. The van der Waals surface area contributed by atoms with Gasteiger partial charge < -0.3 is 5.32 Å². The molecule has 0 radical (unpaired) electrons. The topological polar surface area (TPSA) is 64.0 Å². The second kappa shape index (κ2) is 6.89. The molecule has 0 unspecified atom stereocenters. The highest BCUT2D eigenvalue weighted by atomic mass is 32.2. The van der Waals surface area contributed by atoms with Crippen molar-refractivity contribution < 1.29 is 8.42 Å². The lowest BCUT2D eigenvalue weighted by atomic mass is 10.3. The van der Waals surface area contributed by atoms with E-state index in [4.69, 9.17) is 0 Å². The zero-order chi connectivity index (χ0) is 13.6. The predicted octanol–water partition coefficient (Wildman–Crippen LogP) is 1.21. The zero-order valence-electron chi connectivity index (χ0n) is 11.4. The lowest BCUT2D eigenvalue weighted by molar-refractivity contribution is 0.572. The lowest BCUT2D eigenvalue weighted by Gasteiger charge is -2.07. The Kier molecular flexibility index (Phi) is 5.81. The zero-order valence-corrected chi connectivity index (χ0v) is 12.2. The molecule has 1 rings (SSSR count). The first-order valence-electron chi connectivity index (χ1n) is 6.39. The van der Waals surface area contributed by atoms with Crippen LogP contribution in [0.15, 0.2) is 12.4 Å². The summed E-state index contributed by atoms with van der Waals surface area (Å²) in [5, 5.41) is 7.13. The van der Waals surface area contributed by atoms with Gasteiger partial charge in [0.25, 0.3) is 0 Å². The first-order valence-corrected chi connectivity index (χ1v) is 8.11. The van der Waals surface area contributed by atoms with Gasteiger partial charge in [0, 0.05) is 18.3 Å². The maximum Gasteiger partial charge on any atom is 0.154 e. The van der Waals surface area contributed by atoms with E-state index in [1.54, 1.807) is 24.7 Å². The number of nitrogens with one attached hydrogen (secondary N) is 1. The fourth-order valence-corrected chi connectivity index (χ4v) is 2.40. The van der Waals surface area contributed by atoms with Crippen molar-refractivity contribution in [3.05, 3.63) is 18.0 Å². The van der Waals surface area contributed by atoms with Crippen LogP contribution in [0.2, 0.25) is 0 Å². The van der Waals surface area contributed by atoms with Crippen LogP contribution in [0.5, 0.6) is 0 Å². The number of rotatable bonds is 8. The minimum Gasteiger partial charge on any atom is -0.313 e. The molecular formula is C12H23N3O2S. The Labute approximate surface area is 109 Å². The molecule has 1 aromatic heterocycles. The minimum atomic E-state index is -2.98. The summed E-state index contributed by atoms with van der Waals surface area (Å²) < 4.78 is 25.0. The molecule has 1 heterocycles. The number of hydrogen-bond acceptors (Lipinski definition) is 4. The van der Waals surface area contributed by atoms with Crippen molar-refractivity contribution in [2.45, 2.75) is 45.5 Å². The van der Waals surface area contributed by atoms with Crippen molar-refractivity contribution >= 4 is 9.84 Å². The van der Waals surface area contributed by atoms with Crippen LogP contribution in [-0.2, 0) is 22.9 Å². The maximum atomic E-state index is 11.7. The van der Waals surface area contributed by atoms with E-state index in [2.05, 4.69) is 17.3 Å². The number of aryl methyl sites for hydroxylation is 1. The van der Waals surface area contributed by atoms with Gasteiger partial charge in [-0.25, -0.2) is 8.42 Å². The molecule has 0 fully saturated rings. The molecular weight excluding hydrogens is 250 g/mol. The molecule has 0 saturated carbocycles. The van der Waals surface area contributed by atoms with Gasteiger partial charge in [-0.05, 0) is 26.8 Å². The first-order chi connectivity index (χ1) is 8.45. The Balaban J connectivity index is 2.45. The van der Waals surface area contributed by atoms with Gasteiger partial charge in [-0.15, -0.1) is 0 Å². The van der Waals surface area contributed by atoms with Crippen LogP contribution in [0.25, 0.3) is 0 Å². The van der Waals surface area contributed by atoms with Gasteiger partial charge in [-0.3, -0.25) is 4.68 Å². The first kappa shape index (κ1) is 15.2. The molecule has 0 spiro atoms. The number of sulfone groups is 1. The van der Waals surface area contributed by atoms with Gasteiger partial charge in [-0.2, -0.15) is 5.10 Å². The largest absolute Gasteiger partial charge is 0.313 e. The SMILES string of the molecule is CCCNCc1cnn(CCS(=O)(=O)C(C)C)c1. The number of nitrogens with zero attached hydrogens (tertiary/aromatic N) is 2. The molecule has 6 heteroatoms. The molecule has 0 saturated heterocycles. The second-order valence-corrected chi connectivity index (χ2v) is 7.38. The monoisotopic (exact) mass is 273 g/mol. The molecule has 1 aromatic rings. The van der Waals surface area contributed by atoms with Crippen LogP contribution in [0.1, 0.15) is 32.8 Å². The minimum absolute atomic E-state index is 0.147. The molecule has 5 nitrogen and oxygen atoms in total. The Morgan fingerprint density at radius 2 is 2.17 bits per heavy atom. The van der Waals surface area contributed by atoms with Gasteiger partial charge in [-0.1, -0.05) is 6.92 Å². The third-order valence-corrected chi connectivity index (χ3v) is 4.95. The number of hydrogen-bond donors (Lipinski definition) is 1. The van der Waals surface area contributed by atoms with E-state index in [9.17, 15) is 8.42 Å². The van der Waals surface area contributed by atoms with Crippen LogP contribution < -0.4 is 5.32 Å². The Morgan fingerprint density at radius 3 is 2.78 bits per heavy atom. The van der Waals surface area contributed by atoms with Gasteiger partial charge in [0.15, 0.2) is 9.84 Å². The Bertz CT molecular complexity index is 452. The van der Waals surface area contributed by atoms with Crippen molar-refractivity contribution in [2.24, 2.45) is 0 Å². The van der Waals surface area contributed by atoms with Crippen molar-refractivity contribution in [1.29, 1.82) is 0 Å². The molecule has 104 valence electrons. The average molecular weight is 273 g/mol. The van der Waals surface area contributed by atoms with Crippen LogP contribution >= 0.6 is 0 Å². The van der Waals surface area contributed by atoms with E-state index in [1.165, 1.54) is 0 Å². The van der Waals surface area contributed by atoms with Crippen LogP contribution in [0, 0.1) is 0 Å². The fraction of sp³-hybridized carbons (Fsp3) is 0.750. The second-order valence-electron chi connectivity index (χ2n) is 4.70. The van der Waals surface area contributed by atoms with Crippen LogP contribution in [0.3, 0.4) is 0 Å². The molecule has 0 bridgehead atoms. The molecule has 0 aliphatic carbocycles. The van der Waals surface area contributed by atoms with Crippen molar-refractivity contribution in [3.63, 3.8) is 0 Å². The van der Waals surface area contributed by atoms with Crippen molar-refractivity contribution in [2.75, 3.05) is 12.3 Å². The summed E-state index contributed by atoms with van der Waals surface area (Å²) in [5.74, 6) is 0.147. The van der Waals surface area contributed by atoms with Crippen molar-refractivity contribution in [3.8, 4) is 0 Å². The van der Waals surface area contributed by atoms with Gasteiger partial charge in [0.1, 0.15) is 0 Å². The number of aromatic nitrogens is 2. The molecule has 0 aliphatic heterocycles. The maximum absolute atomic E-state index is 11.7. The van der Waals surface area contributed by atoms with E-state index in [1.807, 2.05) is 6.20 Å². The van der Waals surface area contributed by atoms with Crippen LogP contribution in [0.4, 0.5) is 0 Å². The summed E-state index contributed by atoms with van der Waals surface area (Å²) in [7, 11) is -2.98. The van der Waals surface area contributed by atoms with Crippen LogP contribution in [-0.4, -0.2) is 35.7 Å². The molecule has 1 N–H and O–H groups in total. The Morgan fingerprint density at radius 1 is 1.44 bits per heavy atom. The summed E-state index contributed by atoms with van der Waals surface area (Å²) in [4.78, 5) is 0. The Hall–Kier alpha value is -0.880. The summed E-state index contributed by atoms with van der Waals surface area (Å²) in [6.45, 7) is 7.72. The predicted molar refractivity (Wildman–Crippen MR) is 73.1 cm³/mol. The smallest absolute Gasteiger partial charge is 0.154 e. The molecule has 18 heavy (non-hydrogen) atoms. The molecule has 0 atom stereocenters. The summed E-state index contributed by atoms with van der Waals surface area (Å²) in [6.07, 6.45) is 4.78. The lowest BCUT2D eigenvalue weighted by Crippen LogP contribution is -2.21. The van der Waals surface area contributed by atoms with E-state index in [0.717, 1.165) is 25.1 Å². The summed E-state index contributed by atoms with van der Waals surface area (Å²) in [6, 6.07) is 0. The quantitative estimate of drug-likeness (QED) is 0.723. The van der Waals surface area contributed by atoms with Gasteiger partial charge >= 0.3 is 0 Å². The standard InChI is InChI=1S/C12H23N3O2S/c1-4-5-13-8-12-9-14-15(10-12)6-7-18(16,17)11(2)3/h9-11,13H,4-8H2,1-3H3. The van der Waals surface area contributed by atoms with E-state index < -0.39 is 9.84 Å². The average Bonchev–Trinajstić information content (AvgIpc) is 2.75. The third-order valence-electron chi connectivity index (χ3n) is 2.77. The van der Waals surface area contributed by atoms with E-state index >= 15 is 0 Å². The van der Waals surface area contributed by atoms with E-state index in [0.29, 0.717) is 6.54 Å². The highest BCUT2D eigenvalue weighted by molar-refractivity contribution is 7.91. The fourth-order valence-electron chi connectivity index (χ4n) is 1.49. The molecule has 0 aliphatic rings. The molecule has 0 amide bonds. The van der Waals surface area contributed by atoms with Gasteiger partial charge in [0.05, 0.1) is 23.7 Å². The highest BCUT2D eigenvalue weighted by Gasteiger charge is 2.15.